The summed E-state index contributed by atoms with van der Waals surface area (Å²) >= 11 is 0. The monoisotopic (exact) mass is 291 g/mol. The van der Waals surface area contributed by atoms with Crippen molar-refractivity contribution in [2.45, 2.75) is 57.0 Å². The number of piperazine rings is 1. The highest BCUT2D eigenvalue weighted by Crippen LogP contribution is 2.48. The van der Waals surface area contributed by atoms with Crippen LogP contribution < -0.4 is 5.73 Å². The van der Waals surface area contributed by atoms with E-state index in [4.69, 9.17) is 5.73 Å². The van der Waals surface area contributed by atoms with E-state index in [9.17, 15) is 4.79 Å². The topological polar surface area (TPSA) is 49.6 Å². The van der Waals surface area contributed by atoms with Crippen LogP contribution in [0.25, 0.3) is 0 Å². The van der Waals surface area contributed by atoms with E-state index in [2.05, 4.69) is 9.80 Å². The first-order valence-electron chi connectivity index (χ1n) is 9.02. The normalized spacial score (nSPS) is 41.1. The third-order valence-corrected chi connectivity index (χ3v) is 6.73. The lowest BCUT2D eigenvalue weighted by Crippen LogP contribution is -2.55. The number of amides is 1. The van der Waals surface area contributed by atoms with E-state index in [1.54, 1.807) is 0 Å². The SMILES string of the molecule is NC1C2CCC(C2)C1C(=O)N1CCN(C2CCCC2)CC1. The van der Waals surface area contributed by atoms with Gasteiger partial charge in [-0.3, -0.25) is 9.69 Å². The summed E-state index contributed by atoms with van der Waals surface area (Å²) in [5, 5.41) is 0. The fourth-order valence-electron chi connectivity index (χ4n) is 5.49. The molecule has 4 aliphatic rings. The van der Waals surface area contributed by atoms with Gasteiger partial charge in [0.1, 0.15) is 0 Å². The minimum atomic E-state index is 0.141. The molecule has 4 unspecified atom stereocenters. The molecule has 4 nitrogen and oxygen atoms in total. The zero-order valence-electron chi connectivity index (χ0n) is 13.0. The Labute approximate surface area is 128 Å². The highest BCUT2D eigenvalue weighted by atomic mass is 16.2. The maximum atomic E-state index is 12.9. The second-order valence-electron chi connectivity index (χ2n) is 7.74. The molecule has 1 amide bonds. The van der Waals surface area contributed by atoms with Crippen LogP contribution in [0, 0.1) is 17.8 Å². The zero-order chi connectivity index (χ0) is 14.4. The third kappa shape index (κ3) is 2.40. The highest BCUT2D eigenvalue weighted by molar-refractivity contribution is 5.80. The van der Waals surface area contributed by atoms with E-state index in [0.717, 1.165) is 32.2 Å². The van der Waals surface area contributed by atoms with Gasteiger partial charge in [0.25, 0.3) is 0 Å². The number of fused-ring (bicyclic) bond motifs is 2. The van der Waals surface area contributed by atoms with Gasteiger partial charge in [0.05, 0.1) is 5.92 Å². The molecule has 118 valence electrons. The molecular weight excluding hydrogens is 262 g/mol. The van der Waals surface area contributed by atoms with Crippen molar-refractivity contribution in [1.29, 1.82) is 0 Å². The van der Waals surface area contributed by atoms with E-state index >= 15 is 0 Å². The molecule has 0 aromatic heterocycles. The van der Waals surface area contributed by atoms with Crippen molar-refractivity contribution in [2.24, 2.45) is 23.5 Å². The number of nitrogens with two attached hydrogens (primary N) is 1. The Morgan fingerprint density at radius 2 is 1.57 bits per heavy atom. The van der Waals surface area contributed by atoms with Crippen molar-refractivity contribution >= 4 is 5.91 Å². The summed E-state index contributed by atoms with van der Waals surface area (Å²) in [6.07, 6.45) is 9.21. The number of rotatable bonds is 2. The summed E-state index contributed by atoms with van der Waals surface area (Å²) < 4.78 is 0. The van der Waals surface area contributed by atoms with Crippen LogP contribution in [0.4, 0.5) is 0 Å². The lowest BCUT2D eigenvalue weighted by Gasteiger charge is -2.40. The van der Waals surface area contributed by atoms with Crippen molar-refractivity contribution < 1.29 is 4.79 Å². The van der Waals surface area contributed by atoms with Crippen LogP contribution >= 0.6 is 0 Å². The standard InChI is InChI=1S/C17H29N3O/c18-16-13-6-5-12(11-13)15(16)17(21)20-9-7-19(8-10-20)14-3-1-2-4-14/h12-16H,1-11,18H2. The van der Waals surface area contributed by atoms with Gasteiger partial charge in [-0.05, 0) is 43.9 Å². The molecule has 0 spiro atoms. The van der Waals surface area contributed by atoms with Crippen LogP contribution in [-0.2, 0) is 4.79 Å². The van der Waals surface area contributed by atoms with Crippen LogP contribution in [0.3, 0.4) is 0 Å². The van der Waals surface area contributed by atoms with E-state index in [0.29, 0.717) is 17.7 Å². The van der Waals surface area contributed by atoms with Crippen LogP contribution in [0.1, 0.15) is 44.9 Å². The van der Waals surface area contributed by atoms with Crippen molar-refractivity contribution in [3.05, 3.63) is 0 Å². The van der Waals surface area contributed by atoms with E-state index in [-0.39, 0.29) is 12.0 Å². The lowest BCUT2D eigenvalue weighted by molar-refractivity contribution is -0.139. The highest BCUT2D eigenvalue weighted by Gasteiger charge is 2.50. The molecule has 4 heteroatoms. The molecule has 1 heterocycles. The quantitative estimate of drug-likeness (QED) is 0.838. The van der Waals surface area contributed by atoms with E-state index in [1.165, 1.54) is 44.9 Å². The Kier molecular flexibility index (Phi) is 3.70. The molecule has 0 aromatic carbocycles. The molecule has 1 saturated heterocycles. The maximum Gasteiger partial charge on any atom is 0.227 e. The van der Waals surface area contributed by atoms with Crippen molar-refractivity contribution in [3.8, 4) is 0 Å². The molecule has 0 radical (unpaired) electrons. The molecular formula is C17H29N3O. The van der Waals surface area contributed by atoms with Gasteiger partial charge in [0.15, 0.2) is 0 Å². The smallest absolute Gasteiger partial charge is 0.227 e. The van der Waals surface area contributed by atoms with Crippen LogP contribution in [0.15, 0.2) is 0 Å². The molecule has 0 aromatic rings. The molecule has 2 N–H and O–H groups in total. The number of hydrogen-bond acceptors (Lipinski definition) is 3. The zero-order valence-corrected chi connectivity index (χ0v) is 13.0. The van der Waals surface area contributed by atoms with Gasteiger partial charge in [0.2, 0.25) is 5.91 Å². The minimum Gasteiger partial charge on any atom is -0.340 e. The molecule has 1 aliphatic heterocycles. The van der Waals surface area contributed by atoms with Gasteiger partial charge in [-0.15, -0.1) is 0 Å². The van der Waals surface area contributed by atoms with Gasteiger partial charge in [0, 0.05) is 38.3 Å². The first-order valence-corrected chi connectivity index (χ1v) is 9.02. The molecule has 3 aliphatic carbocycles. The molecule has 21 heavy (non-hydrogen) atoms. The first-order chi connectivity index (χ1) is 10.2. The summed E-state index contributed by atoms with van der Waals surface area (Å²) in [6, 6.07) is 0.941. The molecule has 4 fully saturated rings. The van der Waals surface area contributed by atoms with Gasteiger partial charge in [-0.1, -0.05) is 12.8 Å². The van der Waals surface area contributed by atoms with Crippen LogP contribution in [0.5, 0.6) is 0 Å². The molecule has 4 atom stereocenters. The van der Waals surface area contributed by atoms with Crippen LogP contribution in [0.2, 0.25) is 0 Å². The average molecular weight is 291 g/mol. The van der Waals surface area contributed by atoms with Crippen molar-refractivity contribution in [1.82, 2.24) is 9.80 Å². The second kappa shape index (κ2) is 5.54. The molecule has 4 rings (SSSR count). The van der Waals surface area contributed by atoms with Gasteiger partial charge >= 0.3 is 0 Å². The molecule has 3 saturated carbocycles. The van der Waals surface area contributed by atoms with Gasteiger partial charge in [-0.2, -0.15) is 0 Å². The summed E-state index contributed by atoms with van der Waals surface area (Å²) in [7, 11) is 0. The fourth-order valence-corrected chi connectivity index (χ4v) is 5.49. The summed E-state index contributed by atoms with van der Waals surface area (Å²) in [4.78, 5) is 17.6. The van der Waals surface area contributed by atoms with Gasteiger partial charge in [-0.25, -0.2) is 0 Å². The number of nitrogens with zero attached hydrogens (tertiary/aromatic N) is 2. The first kappa shape index (κ1) is 14.0. The predicted octanol–water partition coefficient (Wildman–Crippen LogP) is 1.45. The molecule has 2 bridgehead atoms. The van der Waals surface area contributed by atoms with Crippen molar-refractivity contribution in [3.63, 3.8) is 0 Å². The number of carbonyl (C=O) groups is 1. The third-order valence-electron chi connectivity index (χ3n) is 6.73. The maximum absolute atomic E-state index is 12.9. The summed E-state index contributed by atoms with van der Waals surface area (Å²) in [5.41, 5.74) is 6.34. The Morgan fingerprint density at radius 1 is 0.905 bits per heavy atom. The largest absolute Gasteiger partial charge is 0.340 e. The van der Waals surface area contributed by atoms with E-state index in [1.807, 2.05) is 0 Å². The van der Waals surface area contributed by atoms with Gasteiger partial charge < -0.3 is 10.6 Å². The second-order valence-corrected chi connectivity index (χ2v) is 7.74. The summed E-state index contributed by atoms with van der Waals surface area (Å²) in [5.74, 6) is 1.73. The Bertz CT molecular complexity index is 397. The number of carbonyl (C=O) groups excluding carboxylic acids is 1. The Morgan fingerprint density at radius 3 is 2.19 bits per heavy atom. The van der Waals surface area contributed by atoms with Crippen LogP contribution in [-0.4, -0.2) is 54.0 Å². The van der Waals surface area contributed by atoms with E-state index < -0.39 is 0 Å². The summed E-state index contributed by atoms with van der Waals surface area (Å²) in [6.45, 7) is 4.00. The Balaban J connectivity index is 1.34. The minimum absolute atomic E-state index is 0.141. The Hall–Kier alpha value is -0.610. The van der Waals surface area contributed by atoms with Crippen molar-refractivity contribution in [2.75, 3.05) is 26.2 Å². The number of hydrogen-bond donors (Lipinski definition) is 1. The fraction of sp³-hybridized carbons (Fsp3) is 0.941. The predicted molar refractivity (Wildman–Crippen MR) is 82.7 cm³/mol. The lowest BCUT2D eigenvalue weighted by atomic mass is 9.84. The average Bonchev–Trinajstić information content (AvgIpc) is 3.24.